The molecule has 76 valence electrons. The molecule has 0 aromatic carbocycles. The number of hydrogen-bond donors (Lipinski definition) is 0. The molecule has 0 heterocycles. The number of carbonyl (C=O) groups is 1. The van der Waals surface area contributed by atoms with Crippen molar-refractivity contribution in [3.05, 3.63) is 0 Å². The fraction of sp³-hybridized carbons (Fsp3) is 0.800. The summed E-state index contributed by atoms with van der Waals surface area (Å²) < 4.78 is 4.80. The van der Waals surface area contributed by atoms with E-state index in [1.807, 2.05) is 0 Å². The summed E-state index contributed by atoms with van der Waals surface area (Å²) in [4.78, 5) is 10.9. The first kappa shape index (κ1) is 12.6. The third-order valence-corrected chi connectivity index (χ3v) is 1.93. The van der Waals surface area contributed by atoms with E-state index in [1.165, 1.54) is 24.6 Å². The van der Waals surface area contributed by atoms with Crippen molar-refractivity contribution in [3.8, 4) is 0 Å². The summed E-state index contributed by atoms with van der Waals surface area (Å²) in [6, 6.07) is 0. The lowest BCUT2D eigenvalue weighted by atomic mass is 10.1. The molecule has 0 atom stereocenters. The van der Waals surface area contributed by atoms with Gasteiger partial charge in [0.2, 0.25) is 0 Å². The van der Waals surface area contributed by atoms with Crippen molar-refractivity contribution in [2.75, 3.05) is 6.61 Å². The molecule has 0 rings (SSSR count). The van der Waals surface area contributed by atoms with E-state index in [-0.39, 0.29) is 12.6 Å². The van der Waals surface area contributed by atoms with Crippen LogP contribution < -0.4 is 0 Å². The molecular formula is C10H18O2S. The molecule has 0 saturated carbocycles. The maximum Gasteiger partial charge on any atom is 0.306 e. The van der Waals surface area contributed by atoms with Gasteiger partial charge in [-0.1, -0.05) is 44.8 Å². The fourth-order valence-corrected chi connectivity index (χ4v) is 1.14. The van der Waals surface area contributed by atoms with Gasteiger partial charge in [0.1, 0.15) is 6.61 Å². The molecule has 3 heteroatoms. The van der Waals surface area contributed by atoms with E-state index in [9.17, 15) is 4.79 Å². The quantitative estimate of drug-likeness (QED) is 0.344. The predicted octanol–water partition coefficient (Wildman–Crippen LogP) is 2.89. The Balaban J connectivity index is 3.12. The van der Waals surface area contributed by atoms with Crippen LogP contribution in [-0.2, 0) is 9.53 Å². The van der Waals surface area contributed by atoms with E-state index < -0.39 is 0 Å². The van der Waals surface area contributed by atoms with E-state index in [0.717, 1.165) is 12.8 Å². The number of rotatable bonds is 8. The summed E-state index contributed by atoms with van der Waals surface area (Å²) >= 11 is 4.54. The van der Waals surface area contributed by atoms with Crippen LogP contribution in [0.1, 0.15) is 45.4 Å². The largest absolute Gasteiger partial charge is 0.461 e. The zero-order chi connectivity index (χ0) is 9.94. The van der Waals surface area contributed by atoms with Crippen LogP contribution in [0.25, 0.3) is 0 Å². The Morgan fingerprint density at radius 3 is 2.62 bits per heavy atom. The van der Waals surface area contributed by atoms with Gasteiger partial charge < -0.3 is 4.74 Å². The predicted molar refractivity (Wildman–Crippen MR) is 58.0 cm³/mol. The number of thiocarbonyl (C=S) groups is 1. The normalized spacial score (nSPS) is 9.62. The summed E-state index contributed by atoms with van der Waals surface area (Å²) in [6.45, 7) is 2.44. The second-order valence-corrected chi connectivity index (χ2v) is 3.35. The van der Waals surface area contributed by atoms with Crippen molar-refractivity contribution >= 4 is 23.6 Å². The Labute approximate surface area is 85.7 Å². The molecule has 0 radical (unpaired) electrons. The lowest BCUT2D eigenvalue weighted by Crippen LogP contribution is -2.05. The van der Waals surface area contributed by atoms with Crippen molar-refractivity contribution in [2.45, 2.75) is 45.4 Å². The average molecular weight is 202 g/mol. The minimum atomic E-state index is -0.127. The Kier molecular flexibility index (Phi) is 9.32. The Morgan fingerprint density at radius 2 is 2.00 bits per heavy atom. The molecule has 0 fully saturated rings. The van der Waals surface area contributed by atoms with Crippen molar-refractivity contribution in [3.63, 3.8) is 0 Å². The maximum absolute atomic E-state index is 10.9. The molecule has 0 aliphatic heterocycles. The molecule has 0 bridgehead atoms. The Hall–Kier alpha value is -0.440. The van der Waals surface area contributed by atoms with Crippen LogP contribution in [0.5, 0.6) is 0 Å². The van der Waals surface area contributed by atoms with Gasteiger partial charge in [0, 0.05) is 11.8 Å². The maximum atomic E-state index is 10.9. The number of hydrogen-bond acceptors (Lipinski definition) is 3. The highest BCUT2D eigenvalue weighted by Gasteiger charge is 2.00. The molecule has 0 aromatic rings. The lowest BCUT2D eigenvalue weighted by Gasteiger charge is -2.00. The lowest BCUT2D eigenvalue weighted by molar-refractivity contribution is -0.141. The van der Waals surface area contributed by atoms with Gasteiger partial charge in [-0.3, -0.25) is 4.79 Å². The zero-order valence-electron chi connectivity index (χ0n) is 8.25. The van der Waals surface area contributed by atoms with Gasteiger partial charge in [0.05, 0.1) is 0 Å². The van der Waals surface area contributed by atoms with Crippen molar-refractivity contribution in [1.29, 1.82) is 0 Å². The molecule has 0 N–H and O–H groups in total. The number of ether oxygens (including phenoxy) is 1. The third kappa shape index (κ3) is 9.47. The number of esters is 1. The van der Waals surface area contributed by atoms with E-state index in [2.05, 4.69) is 19.1 Å². The van der Waals surface area contributed by atoms with Gasteiger partial charge in [-0.2, -0.15) is 0 Å². The standard InChI is InChI=1S/C10H18O2S/c1-2-3-4-5-6-7-10(11)12-8-9-13/h9H,2-8H2,1H3. The fourth-order valence-electron chi connectivity index (χ4n) is 1.07. The second kappa shape index (κ2) is 9.65. The van der Waals surface area contributed by atoms with E-state index in [4.69, 9.17) is 4.74 Å². The first-order valence-electron chi connectivity index (χ1n) is 4.90. The van der Waals surface area contributed by atoms with Gasteiger partial charge in [-0.15, -0.1) is 0 Å². The highest BCUT2D eigenvalue weighted by molar-refractivity contribution is 7.79. The van der Waals surface area contributed by atoms with Crippen LogP contribution >= 0.6 is 12.2 Å². The number of carbonyl (C=O) groups excluding carboxylic acids is 1. The van der Waals surface area contributed by atoms with Crippen LogP contribution in [0, 0.1) is 0 Å². The molecule has 0 spiro atoms. The van der Waals surface area contributed by atoms with Crippen LogP contribution in [0.15, 0.2) is 0 Å². The van der Waals surface area contributed by atoms with Crippen LogP contribution in [0.3, 0.4) is 0 Å². The van der Waals surface area contributed by atoms with Gasteiger partial charge in [0.25, 0.3) is 0 Å². The summed E-state index contributed by atoms with van der Waals surface area (Å²) in [7, 11) is 0. The minimum absolute atomic E-state index is 0.127. The topological polar surface area (TPSA) is 26.3 Å². The van der Waals surface area contributed by atoms with E-state index in [1.54, 1.807) is 0 Å². The van der Waals surface area contributed by atoms with Crippen molar-refractivity contribution in [2.24, 2.45) is 0 Å². The molecule has 2 nitrogen and oxygen atoms in total. The minimum Gasteiger partial charge on any atom is -0.461 e. The van der Waals surface area contributed by atoms with Gasteiger partial charge in [-0.05, 0) is 6.42 Å². The molecule has 0 saturated heterocycles. The summed E-state index contributed by atoms with van der Waals surface area (Å²) in [5.41, 5.74) is 0. The van der Waals surface area contributed by atoms with Gasteiger partial charge in [0.15, 0.2) is 0 Å². The van der Waals surface area contributed by atoms with E-state index in [0.29, 0.717) is 6.42 Å². The first-order chi connectivity index (χ1) is 6.31. The SMILES string of the molecule is CCCCCCCC(=O)OCC=S. The zero-order valence-corrected chi connectivity index (χ0v) is 9.07. The first-order valence-corrected chi connectivity index (χ1v) is 5.37. The summed E-state index contributed by atoms with van der Waals surface area (Å²) in [5, 5.41) is 1.43. The van der Waals surface area contributed by atoms with Gasteiger partial charge in [-0.25, -0.2) is 0 Å². The average Bonchev–Trinajstić information content (AvgIpc) is 2.14. The Morgan fingerprint density at radius 1 is 1.31 bits per heavy atom. The summed E-state index contributed by atoms with van der Waals surface area (Å²) in [6.07, 6.45) is 6.31. The van der Waals surface area contributed by atoms with Crippen molar-refractivity contribution < 1.29 is 9.53 Å². The van der Waals surface area contributed by atoms with Crippen LogP contribution in [0.2, 0.25) is 0 Å². The molecule has 0 aliphatic rings. The van der Waals surface area contributed by atoms with E-state index >= 15 is 0 Å². The smallest absolute Gasteiger partial charge is 0.306 e. The monoisotopic (exact) mass is 202 g/mol. The highest BCUT2D eigenvalue weighted by Crippen LogP contribution is 2.05. The summed E-state index contributed by atoms with van der Waals surface area (Å²) in [5.74, 6) is -0.127. The molecule has 0 amide bonds. The van der Waals surface area contributed by atoms with Gasteiger partial charge >= 0.3 is 5.97 Å². The van der Waals surface area contributed by atoms with Crippen LogP contribution in [-0.4, -0.2) is 17.9 Å². The molecule has 0 unspecified atom stereocenters. The molecule has 0 aliphatic carbocycles. The molecule has 0 aromatic heterocycles. The molecular weight excluding hydrogens is 184 g/mol. The van der Waals surface area contributed by atoms with Crippen LogP contribution in [0.4, 0.5) is 0 Å². The molecule has 13 heavy (non-hydrogen) atoms. The van der Waals surface area contributed by atoms with Crippen molar-refractivity contribution in [1.82, 2.24) is 0 Å². The Bertz CT molecular complexity index is 146. The number of unbranched alkanes of at least 4 members (excludes halogenated alkanes) is 4. The highest BCUT2D eigenvalue weighted by atomic mass is 32.1. The second-order valence-electron chi connectivity index (χ2n) is 3.01. The third-order valence-electron chi connectivity index (χ3n) is 1.80.